The predicted octanol–water partition coefficient (Wildman–Crippen LogP) is 7.42. The van der Waals surface area contributed by atoms with E-state index in [1.165, 1.54) is 57.8 Å². The van der Waals surface area contributed by atoms with E-state index in [0.29, 0.717) is 0 Å². The molecular weight excluding hydrogens is 282 g/mol. The zero-order valence-electron chi connectivity index (χ0n) is 12.7. The van der Waals surface area contributed by atoms with Crippen molar-refractivity contribution in [3.8, 4) is 0 Å². The molecule has 0 unspecified atom stereocenters. The Labute approximate surface area is 125 Å². The van der Waals surface area contributed by atoms with Crippen LogP contribution in [0.25, 0.3) is 0 Å². The summed E-state index contributed by atoms with van der Waals surface area (Å²) >= 11 is 14.0. The Morgan fingerprint density at radius 1 is 0.556 bits per heavy atom. The van der Waals surface area contributed by atoms with Gasteiger partial charge in [0.05, 0.1) is 0 Å². The molecule has 0 rings (SSSR count). The molecular formula is C15H33Cl2P. The van der Waals surface area contributed by atoms with E-state index in [2.05, 4.69) is 20.8 Å². The molecule has 0 aliphatic heterocycles. The SMILES string of the molecule is CCCCCP(Cl)(Cl)(CCCCC)CCCCC. The second kappa shape index (κ2) is 9.84. The molecule has 0 saturated heterocycles. The molecule has 3 heteroatoms. The minimum atomic E-state index is -2.39. The van der Waals surface area contributed by atoms with Gasteiger partial charge in [-0.2, -0.15) is 0 Å². The van der Waals surface area contributed by atoms with Crippen LogP contribution in [0.5, 0.6) is 0 Å². The van der Waals surface area contributed by atoms with Crippen LogP contribution in [0.2, 0.25) is 0 Å². The van der Waals surface area contributed by atoms with Crippen LogP contribution >= 0.6 is 27.8 Å². The van der Waals surface area contributed by atoms with Crippen molar-refractivity contribution in [2.45, 2.75) is 78.6 Å². The van der Waals surface area contributed by atoms with Crippen molar-refractivity contribution < 1.29 is 0 Å². The van der Waals surface area contributed by atoms with E-state index in [4.69, 9.17) is 22.5 Å². The molecule has 0 fully saturated rings. The Bertz CT molecular complexity index is 171. The first-order valence-corrected chi connectivity index (χ1v) is 12.5. The zero-order chi connectivity index (χ0) is 13.9. The number of hydrogen-bond donors (Lipinski definition) is 0. The van der Waals surface area contributed by atoms with Crippen molar-refractivity contribution in [1.82, 2.24) is 0 Å². The van der Waals surface area contributed by atoms with Crippen molar-refractivity contribution in [1.29, 1.82) is 0 Å². The van der Waals surface area contributed by atoms with E-state index in [1.807, 2.05) is 0 Å². The summed E-state index contributed by atoms with van der Waals surface area (Å²) in [4.78, 5) is 0. The van der Waals surface area contributed by atoms with Gasteiger partial charge in [0.2, 0.25) is 0 Å². The second-order valence-corrected chi connectivity index (χ2v) is 15.8. The molecule has 0 aliphatic rings. The van der Waals surface area contributed by atoms with Gasteiger partial charge in [0, 0.05) is 0 Å². The van der Waals surface area contributed by atoms with Gasteiger partial charge in [-0.3, -0.25) is 0 Å². The van der Waals surface area contributed by atoms with Gasteiger partial charge in [0.25, 0.3) is 0 Å². The molecule has 0 aliphatic carbocycles. The molecule has 0 radical (unpaired) electrons. The van der Waals surface area contributed by atoms with E-state index in [0.717, 1.165) is 18.5 Å². The van der Waals surface area contributed by atoms with Crippen LogP contribution in [-0.4, -0.2) is 18.5 Å². The summed E-state index contributed by atoms with van der Waals surface area (Å²) in [5.41, 5.74) is 0. The van der Waals surface area contributed by atoms with Gasteiger partial charge in [-0.1, -0.05) is 0 Å². The molecule has 0 bridgehead atoms. The molecule has 0 spiro atoms. The van der Waals surface area contributed by atoms with E-state index >= 15 is 0 Å². The third kappa shape index (κ3) is 9.00. The van der Waals surface area contributed by atoms with Crippen LogP contribution < -0.4 is 0 Å². The molecule has 0 saturated carbocycles. The second-order valence-electron chi connectivity index (χ2n) is 5.74. The summed E-state index contributed by atoms with van der Waals surface area (Å²) in [5.74, 6) is 0. The third-order valence-electron chi connectivity index (χ3n) is 3.74. The van der Waals surface area contributed by atoms with Gasteiger partial charge in [-0.25, -0.2) is 0 Å². The van der Waals surface area contributed by atoms with Gasteiger partial charge in [-0.05, 0) is 0 Å². The van der Waals surface area contributed by atoms with Gasteiger partial charge >= 0.3 is 125 Å². The normalized spacial score (nSPS) is 14.4. The summed E-state index contributed by atoms with van der Waals surface area (Å²) in [5, 5.41) is -2.39. The molecule has 0 amide bonds. The maximum atomic E-state index is 7.00. The topological polar surface area (TPSA) is 0 Å². The van der Waals surface area contributed by atoms with Crippen molar-refractivity contribution in [3.05, 3.63) is 0 Å². The Kier molecular flexibility index (Phi) is 10.4. The first kappa shape index (κ1) is 19.0. The minimum absolute atomic E-state index is 1.09. The van der Waals surface area contributed by atoms with Gasteiger partial charge in [0.1, 0.15) is 0 Å². The van der Waals surface area contributed by atoms with E-state index in [-0.39, 0.29) is 0 Å². The van der Waals surface area contributed by atoms with Crippen LogP contribution in [0.4, 0.5) is 0 Å². The van der Waals surface area contributed by atoms with Gasteiger partial charge in [0.15, 0.2) is 0 Å². The Hall–Kier alpha value is 1.01. The first-order valence-electron chi connectivity index (χ1n) is 7.91. The van der Waals surface area contributed by atoms with E-state index < -0.39 is 5.31 Å². The molecule has 0 heterocycles. The number of halogens is 2. The average Bonchev–Trinajstić information content (AvgIpc) is 2.30. The Morgan fingerprint density at radius 2 is 0.833 bits per heavy atom. The fraction of sp³-hybridized carbons (Fsp3) is 1.00. The standard InChI is InChI=1S/C15H33Cl2P/c1-4-7-10-13-18(16,17,14-11-8-5-2)15-12-9-6-3/h4-15H2,1-3H3. The van der Waals surface area contributed by atoms with E-state index in [9.17, 15) is 0 Å². The maximum absolute atomic E-state index is 7.00. The van der Waals surface area contributed by atoms with E-state index in [1.54, 1.807) is 0 Å². The van der Waals surface area contributed by atoms with Crippen molar-refractivity contribution >= 4 is 27.8 Å². The van der Waals surface area contributed by atoms with Gasteiger partial charge < -0.3 is 0 Å². The quantitative estimate of drug-likeness (QED) is 0.260. The Balaban J connectivity index is 4.33. The summed E-state index contributed by atoms with van der Waals surface area (Å²) in [6.07, 6.45) is 14.5. The molecule has 0 atom stereocenters. The summed E-state index contributed by atoms with van der Waals surface area (Å²) in [7, 11) is 0. The van der Waals surface area contributed by atoms with Crippen LogP contribution in [0, 0.1) is 0 Å². The zero-order valence-corrected chi connectivity index (χ0v) is 15.1. The summed E-state index contributed by atoms with van der Waals surface area (Å²) < 4.78 is 0. The van der Waals surface area contributed by atoms with Crippen molar-refractivity contribution in [2.75, 3.05) is 18.5 Å². The van der Waals surface area contributed by atoms with Crippen LogP contribution in [0.1, 0.15) is 78.6 Å². The number of rotatable bonds is 12. The molecule has 0 nitrogen and oxygen atoms in total. The first-order chi connectivity index (χ1) is 8.46. The molecule has 112 valence electrons. The summed E-state index contributed by atoms with van der Waals surface area (Å²) in [6.45, 7) is 6.73. The van der Waals surface area contributed by atoms with Gasteiger partial charge in [-0.15, -0.1) is 0 Å². The fourth-order valence-electron chi connectivity index (χ4n) is 2.45. The van der Waals surface area contributed by atoms with Crippen LogP contribution in [0.15, 0.2) is 0 Å². The third-order valence-corrected chi connectivity index (χ3v) is 10.6. The van der Waals surface area contributed by atoms with Crippen LogP contribution in [0.3, 0.4) is 0 Å². The number of hydrogen-bond acceptors (Lipinski definition) is 0. The van der Waals surface area contributed by atoms with Crippen molar-refractivity contribution in [3.63, 3.8) is 0 Å². The average molecular weight is 315 g/mol. The molecule has 0 aromatic carbocycles. The monoisotopic (exact) mass is 314 g/mol. The molecule has 18 heavy (non-hydrogen) atoms. The predicted molar refractivity (Wildman–Crippen MR) is 91.8 cm³/mol. The fourth-order valence-corrected chi connectivity index (χ4v) is 8.00. The number of unbranched alkanes of at least 4 members (excludes halogenated alkanes) is 6. The molecule has 0 aromatic rings. The summed E-state index contributed by atoms with van der Waals surface area (Å²) in [6, 6.07) is 0. The molecule has 0 aromatic heterocycles. The molecule has 0 N–H and O–H groups in total. The van der Waals surface area contributed by atoms with Crippen molar-refractivity contribution in [2.24, 2.45) is 0 Å². The van der Waals surface area contributed by atoms with Crippen LogP contribution in [-0.2, 0) is 0 Å². The Morgan fingerprint density at radius 3 is 1.06 bits per heavy atom.